The van der Waals surface area contributed by atoms with Gasteiger partial charge in [-0.2, -0.15) is 5.26 Å². The minimum atomic E-state index is -3.62. The van der Waals surface area contributed by atoms with Crippen LogP contribution in [0.25, 0.3) is 6.08 Å². The van der Waals surface area contributed by atoms with Crippen LogP contribution in [0, 0.1) is 11.3 Å². The van der Waals surface area contributed by atoms with Gasteiger partial charge in [0.15, 0.2) is 9.84 Å². The Hall–Kier alpha value is -1.80. The third kappa shape index (κ3) is 3.40. The Morgan fingerprint density at radius 2 is 1.70 bits per heavy atom. The van der Waals surface area contributed by atoms with Gasteiger partial charge in [0.05, 0.1) is 4.75 Å². The largest absolute Gasteiger partial charge is 0.378 e. The van der Waals surface area contributed by atoms with Crippen molar-refractivity contribution in [3.63, 3.8) is 0 Å². The van der Waals surface area contributed by atoms with Crippen LogP contribution in [-0.2, 0) is 9.84 Å². The number of rotatable bonds is 3. The van der Waals surface area contributed by atoms with Crippen molar-refractivity contribution < 1.29 is 8.42 Å². The molecule has 0 N–H and O–H groups in total. The van der Waals surface area contributed by atoms with Crippen LogP contribution in [0.3, 0.4) is 0 Å². The van der Waals surface area contributed by atoms with E-state index in [1.807, 2.05) is 31.1 Å². The van der Waals surface area contributed by atoms with Crippen LogP contribution in [0.1, 0.15) is 26.3 Å². The summed E-state index contributed by atoms with van der Waals surface area (Å²) in [5.74, 6) is 0. The van der Waals surface area contributed by atoms with E-state index in [-0.39, 0.29) is 4.91 Å². The van der Waals surface area contributed by atoms with Crippen molar-refractivity contribution >= 4 is 21.6 Å². The third-order valence-electron chi connectivity index (χ3n) is 2.91. The molecule has 0 heterocycles. The number of nitriles is 1. The van der Waals surface area contributed by atoms with Crippen LogP contribution in [0.4, 0.5) is 5.69 Å². The van der Waals surface area contributed by atoms with E-state index in [0.717, 1.165) is 5.69 Å². The van der Waals surface area contributed by atoms with Gasteiger partial charge in [0.25, 0.3) is 0 Å². The number of sulfone groups is 1. The molecule has 0 aliphatic carbocycles. The molecule has 5 heteroatoms. The molecule has 0 spiro atoms. The summed E-state index contributed by atoms with van der Waals surface area (Å²) in [6.07, 6.45) is 1.42. The molecule has 0 fully saturated rings. The molecule has 0 saturated heterocycles. The number of benzene rings is 1. The van der Waals surface area contributed by atoms with Crippen molar-refractivity contribution in [1.29, 1.82) is 5.26 Å². The van der Waals surface area contributed by atoms with Crippen LogP contribution < -0.4 is 4.90 Å². The van der Waals surface area contributed by atoms with Gasteiger partial charge in [0.1, 0.15) is 11.0 Å². The van der Waals surface area contributed by atoms with Crippen LogP contribution in [0.2, 0.25) is 0 Å². The van der Waals surface area contributed by atoms with Gasteiger partial charge < -0.3 is 4.90 Å². The second-order valence-electron chi connectivity index (χ2n) is 5.72. The van der Waals surface area contributed by atoms with Gasteiger partial charge in [-0.25, -0.2) is 8.42 Å². The summed E-state index contributed by atoms with van der Waals surface area (Å²) in [4.78, 5) is 1.74. The molecule has 4 nitrogen and oxygen atoms in total. The SMILES string of the molecule is CN(C)c1ccc(C=C(C#N)S(=O)(=O)C(C)(C)C)cc1. The first-order chi connectivity index (χ1) is 9.09. The first-order valence-corrected chi connectivity index (χ1v) is 7.72. The van der Waals surface area contributed by atoms with Crippen molar-refractivity contribution in [1.82, 2.24) is 0 Å². The molecule has 1 aromatic rings. The van der Waals surface area contributed by atoms with Crippen molar-refractivity contribution in [2.45, 2.75) is 25.5 Å². The number of anilines is 1. The Balaban J connectivity index is 3.24. The minimum absolute atomic E-state index is 0.206. The van der Waals surface area contributed by atoms with Crippen molar-refractivity contribution in [2.75, 3.05) is 19.0 Å². The molecule has 0 atom stereocenters. The molecular weight excluding hydrogens is 272 g/mol. The van der Waals surface area contributed by atoms with Crippen LogP contribution in [0.15, 0.2) is 29.2 Å². The van der Waals surface area contributed by atoms with Gasteiger partial charge in [0.2, 0.25) is 0 Å². The maximum Gasteiger partial charge on any atom is 0.193 e. The van der Waals surface area contributed by atoms with Gasteiger partial charge >= 0.3 is 0 Å². The second-order valence-corrected chi connectivity index (χ2v) is 8.39. The van der Waals surface area contributed by atoms with Gasteiger partial charge in [-0.3, -0.25) is 0 Å². The lowest BCUT2D eigenvalue weighted by molar-refractivity contribution is 0.568. The van der Waals surface area contributed by atoms with E-state index in [9.17, 15) is 8.42 Å². The normalized spacial score (nSPS) is 12.9. The fraction of sp³-hybridized carbons (Fsp3) is 0.400. The molecule has 0 saturated carbocycles. The van der Waals surface area contributed by atoms with Crippen LogP contribution in [-0.4, -0.2) is 27.3 Å². The first kappa shape index (κ1) is 16.3. The van der Waals surface area contributed by atoms with E-state index in [2.05, 4.69) is 0 Å². The average molecular weight is 292 g/mol. The molecular formula is C15H20N2O2S. The molecule has 108 valence electrons. The van der Waals surface area contributed by atoms with Crippen molar-refractivity contribution in [3.05, 3.63) is 34.7 Å². The van der Waals surface area contributed by atoms with Crippen LogP contribution >= 0.6 is 0 Å². The van der Waals surface area contributed by atoms with E-state index >= 15 is 0 Å². The summed E-state index contributed by atoms with van der Waals surface area (Å²) < 4.78 is 23.5. The molecule has 1 rings (SSSR count). The van der Waals surface area contributed by atoms with E-state index in [1.165, 1.54) is 6.08 Å². The predicted octanol–water partition coefficient (Wildman–Crippen LogP) is 2.83. The number of nitrogens with zero attached hydrogens (tertiary/aromatic N) is 2. The molecule has 1 aromatic carbocycles. The minimum Gasteiger partial charge on any atom is -0.378 e. The van der Waals surface area contributed by atoms with E-state index in [0.29, 0.717) is 5.56 Å². The zero-order valence-electron chi connectivity index (χ0n) is 12.5. The second kappa shape index (κ2) is 5.68. The Labute approximate surface area is 121 Å². The highest BCUT2D eigenvalue weighted by Gasteiger charge is 2.32. The molecule has 0 amide bonds. The fourth-order valence-corrected chi connectivity index (χ4v) is 2.59. The summed E-state index contributed by atoms with van der Waals surface area (Å²) in [6.45, 7) is 4.76. The smallest absolute Gasteiger partial charge is 0.193 e. The Morgan fingerprint density at radius 3 is 2.05 bits per heavy atom. The summed E-state index contributed by atoms with van der Waals surface area (Å²) in [6, 6.07) is 9.15. The molecule has 0 bridgehead atoms. The van der Waals surface area contributed by atoms with E-state index in [1.54, 1.807) is 39.0 Å². The first-order valence-electron chi connectivity index (χ1n) is 6.23. The highest BCUT2D eigenvalue weighted by molar-refractivity contribution is 7.97. The van der Waals surface area contributed by atoms with Gasteiger partial charge in [-0.15, -0.1) is 0 Å². The molecule has 20 heavy (non-hydrogen) atoms. The highest BCUT2D eigenvalue weighted by atomic mass is 32.2. The Morgan fingerprint density at radius 1 is 1.20 bits per heavy atom. The summed E-state index contributed by atoms with van der Waals surface area (Å²) in [5, 5.41) is 9.12. The summed E-state index contributed by atoms with van der Waals surface area (Å²) in [7, 11) is 0.229. The predicted molar refractivity (Wildman–Crippen MR) is 83.0 cm³/mol. The van der Waals surface area contributed by atoms with Gasteiger partial charge in [0, 0.05) is 19.8 Å². The Bertz CT molecular complexity index is 643. The maximum atomic E-state index is 12.3. The zero-order valence-corrected chi connectivity index (χ0v) is 13.3. The van der Waals surface area contributed by atoms with Crippen molar-refractivity contribution in [3.8, 4) is 6.07 Å². The summed E-state index contributed by atoms with van der Waals surface area (Å²) >= 11 is 0. The zero-order chi connectivity index (χ0) is 15.6. The monoisotopic (exact) mass is 292 g/mol. The molecule has 0 unspecified atom stereocenters. The average Bonchev–Trinajstić information content (AvgIpc) is 2.34. The lowest BCUT2D eigenvalue weighted by Crippen LogP contribution is -2.28. The summed E-state index contributed by atoms with van der Waals surface area (Å²) in [5.41, 5.74) is 1.71. The molecule has 0 aromatic heterocycles. The fourth-order valence-electron chi connectivity index (χ4n) is 1.52. The number of hydrogen-bond donors (Lipinski definition) is 0. The van der Waals surface area contributed by atoms with Gasteiger partial charge in [-0.1, -0.05) is 12.1 Å². The van der Waals surface area contributed by atoms with E-state index in [4.69, 9.17) is 5.26 Å². The molecule has 0 aliphatic rings. The number of hydrogen-bond acceptors (Lipinski definition) is 4. The number of allylic oxidation sites excluding steroid dienone is 1. The van der Waals surface area contributed by atoms with Crippen molar-refractivity contribution in [2.24, 2.45) is 0 Å². The topological polar surface area (TPSA) is 61.2 Å². The lowest BCUT2D eigenvalue weighted by Gasteiger charge is -2.18. The highest BCUT2D eigenvalue weighted by Crippen LogP contribution is 2.25. The van der Waals surface area contributed by atoms with Gasteiger partial charge in [-0.05, 0) is 44.5 Å². The quantitative estimate of drug-likeness (QED) is 0.804. The standard InChI is InChI=1S/C15H20N2O2S/c1-15(2,3)20(18,19)14(11-16)10-12-6-8-13(9-7-12)17(4)5/h6-10H,1-5H3. The Kier molecular flexibility index (Phi) is 4.61. The molecule has 0 radical (unpaired) electrons. The lowest BCUT2D eigenvalue weighted by atomic mass is 10.2. The third-order valence-corrected chi connectivity index (χ3v) is 5.31. The maximum absolute atomic E-state index is 12.3. The van der Waals surface area contributed by atoms with Crippen LogP contribution in [0.5, 0.6) is 0 Å². The van der Waals surface area contributed by atoms with E-state index < -0.39 is 14.6 Å². The molecule has 0 aliphatic heterocycles.